The molecule has 15 aromatic rings. The Balaban J connectivity index is 0.829. The van der Waals surface area contributed by atoms with Gasteiger partial charge in [-0.05, 0) is 165 Å². The number of para-hydroxylation sites is 6. The second-order valence-corrected chi connectivity index (χ2v) is 22.2. The summed E-state index contributed by atoms with van der Waals surface area (Å²) in [5, 5.41) is 8.07. The van der Waals surface area contributed by atoms with Gasteiger partial charge in [-0.15, -0.1) is 0 Å². The second kappa shape index (κ2) is 17.2. The highest BCUT2D eigenvalue weighted by molar-refractivity contribution is 7.02. The molecule has 4 aliphatic rings. The Kier molecular flexibility index (Phi) is 9.35. The number of fused-ring (bicyclic) bond motifs is 18. The van der Waals surface area contributed by atoms with Crippen LogP contribution in [0.4, 0.5) is 34.1 Å². The number of hydrogen-bond acceptors (Lipinski definition) is 8. The average Bonchev–Trinajstić information content (AvgIpc) is 1.44. The Hall–Kier alpha value is -11.1. The number of ether oxygens (including phenoxy) is 4. The molecule has 0 atom stereocenters. The maximum absolute atomic E-state index is 7.43. The summed E-state index contributed by atoms with van der Waals surface area (Å²) in [4.78, 5) is 4.74. The smallest absolute Gasteiger partial charge is 0.256 e. The average molecular weight is 1080 g/mol. The molecule has 0 saturated heterocycles. The van der Waals surface area contributed by atoms with Crippen molar-refractivity contribution in [3.8, 4) is 46.0 Å². The topological polar surface area (TPSA) is 69.7 Å². The minimum Gasteiger partial charge on any atom is -0.458 e. The van der Waals surface area contributed by atoms with Crippen LogP contribution in [-0.2, 0) is 0 Å². The van der Waals surface area contributed by atoms with Crippen LogP contribution >= 0.6 is 0 Å². The van der Waals surface area contributed by atoms with Gasteiger partial charge in [0.2, 0.25) is 0 Å². The number of furan rings is 2. The van der Waals surface area contributed by atoms with E-state index in [0.29, 0.717) is 0 Å². The summed E-state index contributed by atoms with van der Waals surface area (Å²) in [6, 6.07) is 88.7. The maximum atomic E-state index is 7.43. The number of rotatable bonds is 6. The summed E-state index contributed by atoms with van der Waals surface area (Å²) in [5.41, 5.74) is 15.8. The summed E-state index contributed by atoms with van der Waals surface area (Å²) in [5.74, 6) is 6.12. The molecule has 0 aliphatic carbocycles. The van der Waals surface area contributed by atoms with Crippen molar-refractivity contribution in [3.63, 3.8) is 0 Å². The van der Waals surface area contributed by atoms with Gasteiger partial charge in [-0.2, -0.15) is 0 Å². The van der Waals surface area contributed by atoms with Crippen molar-refractivity contribution in [2.45, 2.75) is 0 Å². The summed E-state index contributed by atoms with van der Waals surface area (Å²) in [7, 11) is 0. The van der Waals surface area contributed by atoms with Gasteiger partial charge < -0.3 is 37.6 Å². The Morgan fingerprint density at radius 3 is 1.17 bits per heavy atom. The van der Waals surface area contributed by atoms with E-state index in [-0.39, 0.29) is 13.4 Å². The zero-order chi connectivity index (χ0) is 54.7. The van der Waals surface area contributed by atoms with Crippen molar-refractivity contribution in [1.82, 2.24) is 0 Å². The quantitative estimate of drug-likeness (QED) is 0.153. The van der Waals surface area contributed by atoms with Crippen molar-refractivity contribution >= 4 is 146 Å². The number of anilines is 6. The summed E-state index contributed by atoms with van der Waals surface area (Å²) < 4.78 is 42.0. The molecule has 8 nitrogen and oxygen atoms in total. The molecule has 13 aromatic carbocycles. The van der Waals surface area contributed by atoms with E-state index in [1.165, 1.54) is 10.9 Å². The van der Waals surface area contributed by atoms with E-state index >= 15 is 0 Å². The molecule has 0 radical (unpaired) electrons. The molecule has 0 N–H and O–H groups in total. The molecule has 2 aromatic heterocycles. The lowest BCUT2D eigenvalue weighted by molar-refractivity contribution is 0.466. The van der Waals surface area contributed by atoms with Crippen LogP contribution in [0.15, 0.2) is 264 Å². The predicted molar refractivity (Wildman–Crippen MR) is 341 cm³/mol. The highest BCUT2D eigenvalue weighted by Crippen LogP contribution is 2.51. The fourth-order valence-electron chi connectivity index (χ4n) is 14.0. The van der Waals surface area contributed by atoms with Gasteiger partial charge in [0.05, 0.1) is 11.4 Å². The molecular weight excluding hydrogens is 1030 g/mol. The maximum Gasteiger partial charge on any atom is 0.256 e. The van der Waals surface area contributed by atoms with Gasteiger partial charge in [0.1, 0.15) is 57.2 Å². The number of benzene rings is 13. The molecule has 0 spiro atoms. The molecular formula is C74H42B2N2O6. The van der Waals surface area contributed by atoms with Gasteiger partial charge >= 0.3 is 0 Å². The molecule has 4 aliphatic heterocycles. The predicted octanol–water partition coefficient (Wildman–Crippen LogP) is 16.2. The van der Waals surface area contributed by atoms with Crippen molar-refractivity contribution in [1.29, 1.82) is 0 Å². The third kappa shape index (κ3) is 6.61. The molecule has 6 heterocycles. The molecule has 19 rings (SSSR count). The van der Waals surface area contributed by atoms with E-state index in [9.17, 15) is 0 Å². The number of hydrogen-bond donors (Lipinski definition) is 0. The van der Waals surface area contributed by atoms with Crippen LogP contribution in [0.3, 0.4) is 0 Å². The first-order valence-corrected chi connectivity index (χ1v) is 28.4. The van der Waals surface area contributed by atoms with E-state index in [2.05, 4.69) is 192 Å². The largest absolute Gasteiger partial charge is 0.458 e. The van der Waals surface area contributed by atoms with Crippen LogP contribution in [-0.4, -0.2) is 13.4 Å². The van der Waals surface area contributed by atoms with Crippen LogP contribution in [0.25, 0.3) is 65.4 Å². The molecule has 390 valence electrons. The molecule has 0 fully saturated rings. The van der Waals surface area contributed by atoms with Crippen molar-refractivity contribution in [2.24, 2.45) is 0 Å². The summed E-state index contributed by atoms with van der Waals surface area (Å²) in [6.07, 6.45) is 0. The van der Waals surface area contributed by atoms with Gasteiger partial charge in [-0.1, -0.05) is 127 Å². The minimum atomic E-state index is -0.235. The molecule has 84 heavy (non-hydrogen) atoms. The first-order valence-electron chi connectivity index (χ1n) is 28.4. The van der Waals surface area contributed by atoms with Gasteiger partial charge in [-0.25, -0.2) is 0 Å². The normalized spacial score (nSPS) is 13.3. The van der Waals surface area contributed by atoms with Crippen molar-refractivity contribution < 1.29 is 27.8 Å². The van der Waals surface area contributed by atoms with Crippen molar-refractivity contribution in [3.05, 3.63) is 255 Å². The second-order valence-electron chi connectivity index (χ2n) is 22.2. The zero-order valence-electron chi connectivity index (χ0n) is 44.7. The van der Waals surface area contributed by atoms with E-state index in [1.807, 2.05) is 72.8 Å². The van der Waals surface area contributed by atoms with E-state index in [0.717, 1.165) is 167 Å². The van der Waals surface area contributed by atoms with Gasteiger partial charge in [-0.3, -0.25) is 0 Å². The van der Waals surface area contributed by atoms with Gasteiger partial charge in [0.25, 0.3) is 13.4 Å². The van der Waals surface area contributed by atoms with Crippen LogP contribution in [0.1, 0.15) is 0 Å². The molecule has 0 unspecified atom stereocenters. The zero-order valence-corrected chi connectivity index (χ0v) is 44.7. The highest BCUT2D eigenvalue weighted by atomic mass is 16.5. The fourth-order valence-corrected chi connectivity index (χ4v) is 14.0. The van der Waals surface area contributed by atoms with Crippen LogP contribution in [0.5, 0.6) is 46.0 Å². The first kappa shape index (κ1) is 45.6. The third-order valence-electron chi connectivity index (χ3n) is 17.5. The minimum absolute atomic E-state index is 0.235. The highest BCUT2D eigenvalue weighted by Gasteiger charge is 2.48. The summed E-state index contributed by atoms with van der Waals surface area (Å²) in [6.45, 7) is -0.471. The monoisotopic (exact) mass is 1080 g/mol. The lowest BCUT2D eigenvalue weighted by Crippen LogP contribution is -2.63. The van der Waals surface area contributed by atoms with Gasteiger partial charge in [0, 0.05) is 61.3 Å². The lowest BCUT2D eigenvalue weighted by atomic mass is 9.31. The van der Waals surface area contributed by atoms with Crippen LogP contribution < -0.4 is 61.5 Å². The Morgan fingerprint density at radius 1 is 0.298 bits per heavy atom. The standard InChI is InChI=1S/C74H42B2N2O6/c1-5-17-47(18-6-1)77-61-27-15-13-25-57(61)75-59-41-60-66(42-65(59)81-67-39-55-53-35-45-33-51(79-49-21-9-3-10-22-49)31-29-43(45)37-63(53)83-73(55)71(77)69(67)75)82-68-40-56-54-36-46-34-52(80-50-23-11-4-12-24-50)32-30-44(46)38-64(54)84-74(56)72-70(68)76(60)58-26-14-16-28-62(58)78(72)48-19-7-2-8-20-48/h1-42H. The fraction of sp³-hybridized carbons (Fsp3) is 0. The Morgan fingerprint density at radius 2 is 0.714 bits per heavy atom. The van der Waals surface area contributed by atoms with Gasteiger partial charge in [0.15, 0.2) is 11.2 Å². The molecule has 0 bridgehead atoms. The molecule has 0 amide bonds. The third-order valence-corrected chi connectivity index (χ3v) is 17.5. The summed E-state index contributed by atoms with van der Waals surface area (Å²) >= 11 is 0. The van der Waals surface area contributed by atoms with E-state index in [1.54, 1.807) is 0 Å². The SMILES string of the molecule is c1ccc(Oc2ccc3cc4oc5c6c7c(cc5c4cc3c2)Oc2cc3c(cc2B7c2ccccc2N6c2ccccc2)B2c4ccccc4N(c4ccccc4)c4c2c(cc2c4oc4cc5ccc(Oc6ccccc6)cc5cc42)O3)cc1. The van der Waals surface area contributed by atoms with Crippen molar-refractivity contribution in [2.75, 3.05) is 9.80 Å². The first-order chi connectivity index (χ1) is 41.6. The van der Waals surface area contributed by atoms with E-state index < -0.39 is 0 Å². The van der Waals surface area contributed by atoms with Crippen LogP contribution in [0.2, 0.25) is 0 Å². The Bertz CT molecular complexity index is 4970. The Labute approximate surface area is 481 Å². The molecule has 0 saturated carbocycles. The van der Waals surface area contributed by atoms with E-state index in [4.69, 9.17) is 27.8 Å². The van der Waals surface area contributed by atoms with Crippen LogP contribution in [0, 0.1) is 0 Å². The number of nitrogens with zero attached hydrogens (tertiary/aromatic N) is 2. The lowest BCUT2D eigenvalue weighted by Gasteiger charge is -2.42. The molecule has 10 heteroatoms.